The molecular formula is C19H23N5O. The van der Waals surface area contributed by atoms with Gasteiger partial charge in [0.1, 0.15) is 5.69 Å². The lowest BCUT2D eigenvalue weighted by molar-refractivity contribution is 0.0930. The van der Waals surface area contributed by atoms with E-state index in [1.54, 1.807) is 10.9 Å². The number of aryl methyl sites for hydroxylation is 1. The number of rotatable bonds is 6. The minimum Gasteiger partial charge on any atom is -0.346 e. The summed E-state index contributed by atoms with van der Waals surface area (Å²) in [6.45, 7) is 0.389. The fourth-order valence-electron chi connectivity index (χ4n) is 2.97. The highest BCUT2D eigenvalue weighted by molar-refractivity contribution is 5.94. The summed E-state index contributed by atoms with van der Waals surface area (Å²) in [7, 11) is 3.76. The van der Waals surface area contributed by atoms with Crippen molar-refractivity contribution in [2.24, 2.45) is 19.8 Å². The first-order valence-corrected chi connectivity index (χ1v) is 8.29. The molecule has 0 bridgehead atoms. The molecule has 3 N–H and O–H groups in total. The van der Waals surface area contributed by atoms with Crippen LogP contribution in [-0.2, 0) is 20.5 Å². The van der Waals surface area contributed by atoms with Gasteiger partial charge in [-0.25, -0.2) is 0 Å². The molecular weight excluding hydrogens is 314 g/mol. The Balaban J connectivity index is 1.75. The van der Waals surface area contributed by atoms with Crippen molar-refractivity contribution in [3.05, 3.63) is 66.0 Å². The average Bonchev–Trinajstić information content (AvgIpc) is 3.20. The molecule has 0 saturated heterocycles. The molecule has 2 aromatic heterocycles. The number of aromatic nitrogens is 3. The fourth-order valence-corrected chi connectivity index (χ4v) is 2.97. The van der Waals surface area contributed by atoms with Gasteiger partial charge in [-0.15, -0.1) is 0 Å². The van der Waals surface area contributed by atoms with E-state index in [1.807, 2.05) is 67.2 Å². The van der Waals surface area contributed by atoms with Crippen LogP contribution in [0.3, 0.4) is 0 Å². The Morgan fingerprint density at radius 2 is 1.88 bits per heavy atom. The molecule has 0 aliphatic heterocycles. The number of hydrogen-bond acceptors (Lipinski definition) is 3. The molecule has 0 saturated carbocycles. The van der Waals surface area contributed by atoms with Crippen LogP contribution in [0.15, 0.2) is 54.7 Å². The van der Waals surface area contributed by atoms with E-state index in [-0.39, 0.29) is 11.9 Å². The maximum atomic E-state index is 12.7. The SMILES string of the molecule is Cn1nccc1-c1ccc(C(=O)NC(CN)Cc2ccccc2)n1C. The van der Waals surface area contributed by atoms with Crippen molar-refractivity contribution >= 4 is 5.91 Å². The molecule has 25 heavy (non-hydrogen) atoms. The molecule has 3 rings (SSSR count). The fraction of sp³-hybridized carbons (Fsp3) is 0.263. The topological polar surface area (TPSA) is 77.9 Å². The first-order chi connectivity index (χ1) is 12.1. The van der Waals surface area contributed by atoms with Crippen molar-refractivity contribution in [1.29, 1.82) is 0 Å². The summed E-state index contributed by atoms with van der Waals surface area (Å²) >= 11 is 0. The summed E-state index contributed by atoms with van der Waals surface area (Å²) in [5, 5.41) is 7.22. The highest BCUT2D eigenvalue weighted by atomic mass is 16.2. The Morgan fingerprint density at radius 1 is 1.12 bits per heavy atom. The number of benzene rings is 1. The van der Waals surface area contributed by atoms with Crippen molar-refractivity contribution < 1.29 is 4.79 Å². The molecule has 0 fully saturated rings. The third-order valence-electron chi connectivity index (χ3n) is 4.38. The number of carbonyl (C=O) groups is 1. The molecule has 6 nitrogen and oxygen atoms in total. The monoisotopic (exact) mass is 337 g/mol. The Bertz CT molecular complexity index is 850. The average molecular weight is 337 g/mol. The van der Waals surface area contributed by atoms with E-state index >= 15 is 0 Å². The van der Waals surface area contributed by atoms with E-state index in [9.17, 15) is 4.79 Å². The van der Waals surface area contributed by atoms with Crippen LogP contribution >= 0.6 is 0 Å². The standard InChI is InChI=1S/C19H23N5O/c1-23-16(17-10-11-21-24(17)2)8-9-18(23)19(25)22-15(13-20)12-14-6-4-3-5-7-14/h3-11,15H,12-13,20H2,1-2H3,(H,22,25). The maximum Gasteiger partial charge on any atom is 0.268 e. The van der Waals surface area contributed by atoms with E-state index in [1.165, 1.54) is 0 Å². The maximum absolute atomic E-state index is 12.7. The Labute approximate surface area is 147 Å². The zero-order valence-electron chi connectivity index (χ0n) is 14.5. The van der Waals surface area contributed by atoms with Gasteiger partial charge in [0, 0.05) is 32.9 Å². The van der Waals surface area contributed by atoms with Gasteiger partial charge in [-0.2, -0.15) is 5.10 Å². The zero-order chi connectivity index (χ0) is 17.8. The number of nitrogens with one attached hydrogen (secondary N) is 1. The van der Waals surface area contributed by atoms with E-state index < -0.39 is 0 Å². The molecule has 1 atom stereocenters. The quantitative estimate of drug-likeness (QED) is 0.719. The zero-order valence-corrected chi connectivity index (χ0v) is 14.5. The van der Waals surface area contributed by atoms with Gasteiger partial charge in [0.2, 0.25) is 0 Å². The minimum absolute atomic E-state index is 0.107. The summed E-state index contributed by atoms with van der Waals surface area (Å²) in [4.78, 5) is 12.7. The van der Waals surface area contributed by atoms with Crippen LogP contribution in [0.4, 0.5) is 0 Å². The van der Waals surface area contributed by atoms with Gasteiger partial charge < -0.3 is 15.6 Å². The molecule has 1 amide bonds. The van der Waals surface area contributed by atoms with Crippen LogP contribution < -0.4 is 11.1 Å². The molecule has 2 heterocycles. The number of nitrogens with zero attached hydrogens (tertiary/aromatic N) is 3. The van der Waals surface area contributed by atoms with Crippen LogP contribution in [0, 0.1) is 0 Å². The van der Waals surface area contributed by atoms with Gasteiger partial charge in [-0.3, -0.25) is 9.48 Å². The van der Waals surface area contributed by atoms with E-state index in [2.05, 4.69) is 10.4 Å². The normalized spacial score (nSPS) is 12.1. The van der Waals surface area contributed by atoms with Crippen molar-refractivity contribution in [1.82, 2.24) is 19.7 Å². The predicted octanol–water partition coefficient (Wildman–Crippen LogP) is 1.73. The molecule has 0 aliphatic carbocycles. The number of carbonyl (C=O) groups excluding carboxylic acids is 1. The minimum atomic E-state index is -0.123. The second kappa shape index (κ2) is 7.36. The Hall–Kier alpha value is -2.86. The molecule has 0 radical (unpaired) electrons. The Kier molecular flexibility index (Phi) is 5.00. The largest absolute Gasteiger partial charge is 0.346 e. The first-order valence-electron chi connectivity index (χ1n) is 8.29. The van der Waals surface area contributed by atoms with Gasteiger partial charge >= 0.3 is 0 Å². The summed E-state index contributed by atoms with van der Waals surface area (Å²) in [6, 6.07) is 15.6. The van der Waals surface area contributed by atoms with Gasteiger partial charge in [0.25, 0.3) is 5.91 Å². The molecule has 1 aromatic carbocycles. The van der Waals surface area contributed by atoms with Crippen molar-refractivity contribution in [2.45, 2.75) is 12.5 Å². The molecule has 1 unspecified atom stereocenters. The summed E-state index contributed by atoms with van der Waals surface area (Å²) in [5.74, 6) is -0.123. The van der Waals surface area contributed by atoms with Crippen LogP contribution in [0.2, 0.25) is 0 Å². The lowest BCUT2D eigenvalue weighted by Crippen LogP contribution is -2.42. The number of hydrogen-bond donors (Lipinski definition) is 2. The molecule has 3 aromatic rings. The number of amides is 1. The molecule has 0 spiro atoms. The van der Waals surface area contributed by atoms with E-state index in [0.717, 1.165) is 17.0 Å². The lowest BCUT2D eigenvalue weighted by atomic mass is 10.1. The molecule has 6 heteroatoms. The first kappa shape index (κ1) is 17.0. The molecule has 0 aliphatic rings. The van der Waals surface area contributed by atoms with Gasteiger partial charge in [0.05, 0.1) is 11.4 Å². The third-order valence-corrected chi connectivity index (χ3v) is 4.38. The van der Waals surface area contributed by atoms with E-state index in [0.29, 0.717) is 18.7 Å². The lowest BCUT2D eigenvalue weighted by Gasteiger charge is -2.17. The third kappa shape index (κ3) is 3.64. The van der Waals surface area contributed by atoms with Crippen LogP contribution in [0.5, 0.6) is 0 Å². The van der Waals surface area contributed by atoms with Crippen LogP contribution in [0.1, 0.15) is 16.1 Å². The van der Waals surface area contributed by atoms with Crippen molar-refractivity contribution in [3.8, 4) is 11.4 Å². The van der Waals surface area contributed by atoms with Crippen LogP contribution in [0.25, 0.3) is 11.4 Å². The van der Waals surface area contributed by atoms with Crippen LogP contribution in [-0.4, -0.2) is 32.8 Å². The molecule has 130 valence electrons. The highest BCUT2D eigenvalue weighted by Gasteiger charge is 2.18. The van der Waals surface area contributed by atoms with Gasteiger partial charge in [-0.05, 0) is 30.2 Å². The van der Waals surface area contributed by atoms with Gasteiger partial charge in [0.15, 0.2) is 0 Å². The second-order valence-electron chi connectivity index (χ2n) is 6.10. The highest BCUT2D eigenvalue weighted by Crippen LogP contribution is 2.20. The van der Waals surface area contributed by atoms with E-state index in [4.69, 9.17) is 5.73 Å². The van der Waals surface area contributed by atoms with Crippen molar-refractivity contribution in [3.63, 3.8) is 0 Å². The number of nitrogens with two attached hydrogens (primary N) is 1. The Morgan fingerprint density at radius 3 is 2.52 bits per heavy atom. The summed E-state index contributed by atoms with van der Waals surface area (Å²) in [6.07, 6.45) is 2.45. The predicted molar refractivity (Wildman–Crippen MR) is 98.1 cm³/mol. The smallest absolute Gasteiger partial charge is 0.268 e. The summed E-state index contributed by atoms with van der Waals surface area (Å²) < 4.78 is 3.66. The van der Waals surface area contributed by atoms with Crippen molar-refractivity contribution in [2.75, 3.05) is 6.54 Å². The summed E-state index contributed by atoms with van der Waals surface area (Å²) in [5.41, 5.74) is 9.51. The van der Waals surface area contributed by atoms with Gasteiger partial charge in [-0.1, -0.05) is 30.3 Å². The second-order valence-corrected chi connectivity index (χ2v) is 6.10.